The maximum absolute atomic E-state index is 6.49. The lowest BCUT2D eigenvalue weighted by atomic mass is 9.71. The summed E-state index contributed by atoms with van der Waals surface area (Å²) < 4.78 is 6.48. The zero-order valence-electron chi connectivity index (χ0n) is 13.6. The van der Waals surface area contributed by atoms with Crippen LogP contribution in [0.3, 0.4) is 0 Å². The van der Waals surface area contributed by atoms with Crippen molar-refractivity contribution in [1.82, 2.24) is 0 Å². The molecule has 1 aromatic rings. The zero-order chi connectivity index (χ0) is 15.0. The third-order valence-corrected chi connectivity index (χ3v) is 5.23. The second kappa shape index (κ2) is 5.73. The lowest BCUT2D eigenvalue weighted by molar-refractivity contribution is -0.0788. The van der Waals surface area contributed by atoms with Gasteiger partial charge in [-0.05, 0) is 54.6 Å². The Hall–Kier alpha value is -0.860. The third kappa shape index (κ3) is 3.32. The summed E-state index contributed by atoms with van der Waals surface area (Å²) in [5, 5.41) is 0. The van der Waals surface area contributed by atoms with Crippen molar-refractivity contribution >= 4 is 0 Å². The monoisotopic (exact) mass is 287 g/mol. The summed E-state index contributed by atoms with van der Waals surface area (Å²) in [6.07, 6.45) is 6.39. The minimum Gasteiger partial charge on any atom is -0.373 e. The predicted octanol–water partition coefficient (Wildman–Crippen LogP) is 4.23. The lowest BCUT2D eigenvalue weighted by Crippen LogP contribution is -2.40. The maximum atomic E-state index is 6.49. The first-order valence-corrected chi connectivity index (χ1v) is 8.43. The summed E-state index contributed by atoms with van der Waals surface area (Å²) in [4.78, 5) is 0. The van der Waals surface area contributed by atoms with Gasteiger partial charge in [-0.3, -0.25) is 0 Å². The molecule has 2 heteroatoms. The highest BCUT2D eigenvalue weighted by atomic mass is 16.5. The van der Waals surface area contributed by atoms with E-state index in [-0.39, 0.29) is 12.1 Å². The molecule has 1 saturated carbocycles. The third-order valence-electron chi connectivity index (χ3n) is 5.23. The summed E-state index contributed by atoms with van der Waals surface area (Å²) in [6, 6.07) is 8.61. The Bertz CT molecular complexity index is 496. The standard InChI is InChI=1S/C19H29NO/c1-13-10-15(12-19(2,3)11-13)21-17-9-8-14-6-4-5-7-16(14)18(17)20/h4-7,13,15,17-18H,8-12,20H2,1-3H3. The van der Waals surface area contributed by atoms with Gasteiger partial charge in [-0.25, -0.2) is 0 Å². The second-order valence-electron chi connectivity index (χ2n) is 7.97. The Morgan fingerprint density at radius 3 is 2.71 bits per heavy atom. The Labute approximate surface area is 129 Å². The van der Waals surface area contributed by atoms with Gasteiger partial charge in [-0.15, -0.1) is 0 Å². The van der Waals surface area contributed by atoms with Crippen LogP contribution in [0.15, 0.2) is 24.3 Å². The van der Waals surface area contributed by atoms with Crippen molar-refractivity contribution in [2.24, 2.45) is 17.1 Å². The molecule has 0 radical (unpaired) electrons. The van der Waals surface area contributed by atoms with Gasteiger partial charge in [0.2, 0.25) is 0 Å². The van der Waals surface area contributed by atoms with Crippen molar-refractivity contribution in [2.75, 3.05) is 0 Å². The van der Waals surface area contributed by atoms with E-state index in [0.717, 1.165) is 18.8 Å². The SMILES string of the molecule is CC1CC(OC2CCc3ccccc3C2N)CC(C)(C)C1. The average Bonchev–Trinajstić information content (AvgIpc) is 2.40. The smallest absolute Gasteiger partial charge is 0.0774 e. The van der Waals surface area contributed by atoms with Gasteiger partial charge in [-0.2, -0.15) is 0 Å². The largest absolute Gasteiger partial charge is 0.373 e. The molecule has 3 rings (SSSR count). The van der Waals surface area contributed by atoms with Crippen LogP contribution in [0.5, 0.6) is 0 Å². The van der Waals surface area contributed by atoms with E-state index in [2.05, 4.69) is 45.0 Å². The number of benzene rings is 1. The van der Waals surface area contributed by atoms with Crippen LogP contribution in [0.4, 0.5) is 0 Å². The van der Waals surface area contributed by atoms with Gasteiger partial charge in [0.15, 0.2) is 0 Å². The number of nitrogens with two attached hydrogens (primary N) is 1. The molecule has 0 aliphatic heterocycles. The second-order valence-corrected chi connectivity index (χ2v) is 7.97. The summed E-state index contributed by atoms with van der Waals surface area (Å²) in [7, 11) is 0. The molecule has 1 fully saturated rings. The molecule has 2 N–H and O–H groups in total. The summed E-state index contributed by atoms with van der Waals surface area (Å²) in [5.74, 6) is 0.755. The van der Waals surface area contributed by atoms with Crippen LogP contribution in [0, 0.1) is 11.3 Å². The number of ether oxygens (including phenoxy) is 1. The fourth-order valence-corrected chi connectivity index (χ4v) is 4.53. The van der Waals surface area contributed by atoms with Crippen LogP contribution in [-0.2, 0) is 11.2 Å². The van der Waals surface area contributed by atoms with Crippen molar-refractivity contribution in [1.29, 1.82) is 0 Å². The summed E-state index contributed by atoms with van der Waals surface area (Å²) >= 11 is 0. The molecule has 4 unspecified atom stereocenters. The van der Waals surface area contributed by atoms with Crippen LogP contribution in [0.1, 0.15) is 63.6 Å². The van der Waals surface area contributed by atoms with Gasteiger partial charge in [0.25, 0.3) is 0 Å². The van der Waals surface area contributed by atoms with Gasteiger partial charge in [0.1, 0.15) is 0 Å². The first kappa shape index (κ1) is 15.1. The fraction of sp³-hybridized carbons (Fsp3) is 0.684. The van der Waals surface area contributed by atoms with E-state index < -0.39 is 0 Å². The number of rotatable bonds is 2. The molecule has 2 aliphatic rings. The van der Waals surface area contributed by atoms with Crippen LogP contribution >= 0.6 is 0 Å². The van der Waals surface area contributed by atoms with Crippen LogP contribution < -0.4 is 5.73 Å². The average molecular weight is 287 g/mol. The van der Waals surface area contributed by atoms with Crippen molar-refractivity contribution in [3.63, 3.8) is 0 Å². The Morgan fingerprint density at radius 1 is 1.19 bits per heavy atom. The molecule has 0 spiro atoms. The van der Waals surface area contributed by atoms with Crippen LogP contribution in [-0.4, -0.2) is 12.2 Å². The molecular weight excluding hydrogens is 258 g/mol. The van der Waals surface area contributed by atoms with Crippen molar-refractivity contribution in [2.45, 2.75) is 71.1 Å². The van der Waals surface area contributed by atoms with Crippen molar-refractivity contribution in [3.05, 3.63) is 35.4 Å². The van der Waals surface area contributed by atoms with E-state index in [1.807, 2.05) is 0 Å². The predicted molar refractivity (Wildman–Crippen MR) is 87.1 cm³/mol. The Balaban J connectivity index is 1.69. The maximum Gasteiger partial charge on any atom is 0.0774 e. The topological polar surface area (TPSA) is 35.2 Å². The number of fused-ring (bicyclic) bond motifs is 1. The number of aryl methyl sites for hydroxylation is 1. The van der Waals surface area contributed by atoms with Gasteiger partial charge in [-0.1, -0.05) is 45.0 Å². The van der Waals surface area contributed by atoms with Crippen LogP contribution in [0.2, 0.25) is 0 Å². The van der Waals surface area contributed by atoms with Gasteiger partial charge in [0.05, 0.1) is 18.2 Å². The molecule has 0 saturated heterocycles. The van der Waals surface area contributed by atoms with Crippen LogP contribution in [0.25, 0.3) is 0 Å². The molecule has 1 aromatic carbocycles. The molecule has 0 bridgehead atoms. The highest BCUT2D eigenvalue weighted by molar-refractivity contribution is 5.33. The first-order valence-electron chi connectivity index (χ1n) is 8.43. The molecule has 0 amide bonds. The lowest BCUT2D eigenvalue weighted by Gasteiger charge is -2.42. The van der Waals surface area contributed by atoms with Gasteiger partial charge >= 0.3 is 0 Å². The fourth-order valence-electron chi connectivity index (χ4n) is 4.53. The minimum absolute atomic E-state index is 0.0373. The molecular formula is C19H29NO. The zero-order valence-corrected chi connectivity index (χ0v) is 13.6. The quantitative estimate of drug-likeness (QED) is 0.883. The molecule has 0 aromatic heterocycles. The highest BCUT2D eigenvalue weighted by Crippen LogP contribution is 2.41. The number of hydrogen-bond acceptors (Lipinski definition) is 2. The van der Waals surface area contributed by atoms with Crippen molar-refractivity contribution < 1.29 is 4.74 Å². The molecule has 2 aliphatic carbocycles. The minimum atomic E-state index is 0.0373. The van der Waals surface area contributed by atoms with E-state index >= 15 is 0 Å². The van der Waals surface area contributed by atoms with Crippen molar-refractivity contribution in [3.8, 4) is 0 Å². The summed E-state index contributed by atoms with van der Waals surface area (Å²) in [5.41, 5.74) is 9.58. The molecule has 21 heavy (non-hydrogen) atoms. The normalized spacial score (nSPS) is 35.2. The highest BCUT2D eigenvalue weighted by Gasteiger charge is 2.36. The molecule has 2 nitrogen and oxygen atoms in total. The summed E-state index contributed by atoms with van der Waals surface area (Å²) in [6.45, 7) is 7.09. The van der Waals surface area contributed by atoms with Gasteiger partial charge < -0.3 is 10.5 Å². The van der Waals surface area contributed by atoms with E-state index in [4.69, 9.17) is 10.5 Å². The molecule has 116 valence electrons. The number of hydrogen-bond donors (Lipinski definition) is 1. The van der Waals surface area contributed by atoms with E-state index in [0.29, 0.717) is 11.5 Å². The first-order chi connectivity index (χ1) is 9.94. The van der Waals surface area contributed by atoms with Gasteiger partial charge in [0, 0.05) is 0 Å². The molecule has 4 atom stereocenters. The van der Waals surface area contributed by atoms with E-state index in [1.165, 1.54) is 30.4 Å². The Kier molecular flexibility index (Phi) is 4.11. The van der Waals surface area contributed by atoms with E-state index in [9.17, 15) is 0 Å². The molecule has 0 heterocycles. The van der Waals surface area contributed by atoms with E-state index in [1.54, 1.807) is 0 Å². The Morgan fingerprint density at radius 2 is 1.95 bits per heavy atom.